The summed E-state index contributed by atoms with van der Waals surface area (Å²) in [4.78, 5) is 14.1. The van der Waals surface area contributed by atoms with Crippen LogP contribution < -0.4 is 11.1 Å². The molecule has 5 heteroatoms. The molecule has 2 amide bonds. The lowest BCUT2D eigenvalue weighted by molar-refractivity contribution is 0.0115. The first-order chi connectivity index (χ1) is 10.2. The van der Waals surface area contributed by atoms with Gasteiger partial charge in [-0.05, 0) is 37.0 Å². The van der Waals surface area contributed by atoms with E-state index in [1.165, 1.54) is 0 Å². The molecule has 0 saturated carbocycles. The van der Waals surface area contributed by atoms with Crippen molar-refractivity contribution in [3.63, 3.8) is 0 Å². The van der Waals surface area contributed by atoms with Gasteiger partial charge >= 0.3 is 6.03 Å². The molecule has 0 spiro atoms. The quantitative estimate of drug-likeness (QED) is 0.876. The average molecular weight is 291 g/mol. The van der Waals surface area contributed by atoms with E-state index in [-0.39, 0.29) is 12.1 Å². The lowest BCUT2D eigenvalue weighted by Gasteiger charge is -2.32. The van der Waals surface area contributed by atoms with Gasteiger partial charge in [-0.25, -0.2) is 4.79 Å². The molecular weight excluding hydrogens is 266 g/mol. The maximum atomic E-state index is 12.3. The van der Waals surface area contributed by atoms with Crippen LogP contribution in [0.2, 0.25) is 0 Å². The molecule has 1 aliphatic heterocycles. The number of benzene rings is 1. The Kier molecular flexibility index (Phi) is 6.02. The lowest BCUT2D eigenvalue weighted by atomic mass is 10.1. The zero-order valence-electron chi connectivity index (χ0n) is 12.7. The van der Waals surface area contributed by atoms with E-state index < -0.39 is 0 Å². The fourth-order valence-electron chi connectivity index (χ4n) is 2.52. The number of urea groups is 1. The molecule has 1 aromatic rings. The second kappa shape index (κ2) is 8.00. The Bertz CT molecular complexity index is 465. The van der Waals surface area contributed by atoms with Crippen molar-refractivity contribution in [2.24, 2.45) is 5.73 Å². The third-order valence-electron chi connectivity index (χ3n) is 3.64. The summed E-state index contributed by atoms with van der Waals surface area (Å²) in [5.41, 5.74) is 7.42. The van der Waals surface area contributed by atoms with Crippen LogP contribution in [0.4, 0.5) is 10.5 Å². The smallest absolute Gasteiger partial charge is 0.321 e. The third-order valence-corrected chi connectivity index (χ3v) is 3.64. The van der Waals surface area contributed by atoms with Gasteiger partial charge in [-0.3, -0.25) is 0 Å². The maximum Gasteiger partial charge on any atom is 0.321 e. The molecule has 0 radical (unpaired) electrons. The summed E-state index contributed by atoms with van der Waals surface area (Å²) >= 11 is 0. The summed E-state index contributed by atoms with van der Waals surface area (Å²) in [6.07, 6.45) is 3.20. The van der Waals surface area contributed by atoms with Crippen molar-refractivity contribution in [3.05, 3.63) is 29.8 Å². The van der Waals surface area contributed by atoms with Gasteiger partial charge < -0.3 is 20.7 Å². The fourth-order valence-corrected chi connectivity index (χ4v) is 2.52. The highest BCUT2D eigenvalue weighted by Gasteiger charge is 2.23. The van der Waals surface area contributed by atoms with Gasteiger partial charge in [-0.2, -0.15) is 0 Å². The van der Waals surface area contributed by atoms with Gasteiger partial charge in [-0.15, -0.1) is 0 Å². The van der Waals surface area contributed by atoms with E-state index in [2.05, 4.69) is 12.2 Å². The number of nitrogens with two attached hydrogens (primary N) is 1. The number of carbonyl (C=O) groups is 1. The molecule has 116 valence electrons. The Balaban J connectivity index is 1.89. The Morgan fingerprint density at radius 2 is 2.38 bits per heavy atom. The van der Waals surface area contributed by atoms with Crippen molar-refractivity contribution in [2.45, 2.75) is 38.8 Å². The Morgan fingerprint density at radius 1 is 1.52 bits per heavy atom. The monoisotopic (exact) mass is 291 g/mol. The van der Waals surface area contributed by atoms with E-state index in [9.17, 15) is 4.79 Å². The number of ether oxygens (including phenoxy) is 1. The first-order valence-electron chi connectivity index (χ1n) is 7.69. The molecule has 1 aliphatic rings. The predicted molar refractivity (Wildman–Crippen MR) is 84.2 cm³/mol. The average Bonchev–Trinajstić information content (AvgIpc) is 2.53. The van der Waals surface area contributed by atoms with E-state index in [1.54, 1.807) is 0 Å². The topological polar surface area (TPSA) is 67.6 Å². The SMILES string of the molecule is CCCOC1CCCN(C(=O)Nc2cccc(CN)c2)C1. The number of amides is 2. The van der Waals surface area contributed by atoms with Crippen LogP contribution in [0.25, 0.3) is 0 Å². The van der Waals surface area contributed by atoms with Gasteiger partial charge in [0.25, 0.3) is 0 Å². The summed E-state index contributed by atoms with van der Waals surface area (Å²) in [6.45, 7) is 4.79. The van der Waals surface area contributed by atoms with Crippen LogP contribution in [-0.4, -0.2) is 36.7 Å². The van der Waals surface area contributed by atoms with Crippen LogP contribution in [0.5, 0.6) is 0 Å². The van der Waals surface area contributed by atoms with Crippen molar-refractivity contribution in [2.75, 3.05) is 25.0 Å². The molecule has 1 aromatic carbocycles. The Morgan fingerprint density at radius 3 is 3.14 bits per heavy atom. The minimum atomic E-state index is -0.0611. The molecule has 21 heavy (non-hydrogen) atoms. The van der Waals surface area contributed by atoms with Gasteiger partial charge in [0, 0.05) is 31.9 Å². The molecule has 5 nitrogen and oxygen atoms in total. The molecule has 0 aromatic heterocycles. The highest BCUT2D eigenvalue weighted by Crippen LogP contribution is 2.16. The number of carbonyl (C=O) groups excluding carboxylic acids is 1. The highest BCUT2D eigenvalue weighted by molar-refractivity contribution is 5.89. The van der Waals surface area contributed by atoms with E-state index in [0.29, 0.717) is 13.1 Å². The first-order valence-corrected chi connectivity index (χ1v) is 7.69. The first kappa shape index (κ1) is 15.8. The number of hydrogen-bond acceptors (Lipinski definition) is 3. The van der Waals surface area contributed by atoms with Crippen LogP contribution in [-0.2, 0) is 11.3 Å². The van der Waals surface area contributed by atoms with E-state index in [4.69, 9.17) is 10.5 Å². The third kappa shape index (κ3) is 4.72. The number of piperidine rings is 1. The summed E-state index contributed by atoms with van der Waals surface area (Å²) < 4.78 is 5.76. The maximum absolute atomic E-state index is 12.3. The number of nitrogens with one attached hydrogen (secondary N) is 1. The lowest BCUT2D eigenvalue weighted by Crippen LogP contribution is -2.45. The largest absolute Gasteiger partial charge is 0.376 e. The van der Waals surface area contributed by atoms with Gasteiger partial charge in [-0.1, -0.05) is 19.1 Å². The molecule has 1 atom stereocenters. The number of nitrogens with zero attached hydrogens (tertiary/aromatic N) is 1. The van der Waals surface area contributed by atoms with Gasteiger partial charge in [0.2, 0.25) is 0 Å². The minimum Gasteiger partial charge on any atom is -0.376 e. The zero-order valence-corrected chi connectivity index (χ0v) is 12.7. The normalized spacial score (nSPS) is 18.6. The Labute approximate surface area is 126 Å². The summed E-state index contributed by atoms with van der Waals surface area (Å²) in [7, 11) is 0. The second-order valence-electron chi connectivity index (χ2n) is 5.42. The fraction of sp³-hybridized carbons (Fsp3) is 0.562. The number of likely N-dealkylation sites (tertiary alicyclic amines) is 1. The molecule has 0 aliphatic carbocycles. The van der Waals surface area contributed by atoms with Crippen LogP contribution in [0.15, 0.2) is 24.3 Å². The van der Waals surface area contributed by atoms with Gasteiger partial charge in [0.1, 0.15) is 0 Å². The molecule has 1 heterocycles. The van der Waals surface area contributed by atoms with Crippen LogP contribution in [0, 0.1) is 0 Å². The van der Waals surface area contributed by atoms with Crippen LogP contribution in [0.3, 0.4) is 0 Å². The highest BCUT2D eigenvalue weighted by atomic mass is 16.5. The number of anilines is 1. The van der Waals surface area contributed by atoms with E-state index in [1.807, 2.05) is 29.2 Å². The van der Waals surface area contributed by atoms with E-state index in [0.717, 1.165) is 43.7 Å². The van der Waals surface area contributed by atoms with Crippen molar-refractivity contribution in [1.82, 2.24) is 4.90 Å². The number of rotatable bonds is 5. The van der Waals surface area contributed by atoms with Crippen LogP contribution >= 0.6 is 0 Å². The molecular formula is C16H25N3O2. The van der Waals surface area contributed by atoms with Crippen molar-refractivity contribution >= 4 is 11.7 Å². The van der Waals surface area contributed by atoms with Gasteiger partial charge in [0.15, 0.2) is 0 Å². The molecule has 1 saturated heterocycles. The minimum absolute atomic E-state index is 0.0611. The van der Waals surface area contributed by atoms with Crippen molar-refractivity contribution in [1.29, 1.82) is 0 Å². The predicted octanol–water partition coefficient (Wildman–Crippen LogP) is 2.57. The molecule has 3 N–H and O–H groups in total. The van der Waals surface area contributed by atoms with Crippen molar-refractivity contribution < 1.29 is 9.53 Å². The summed E-state index contributed by atoms with van der Waals surface area (Å²) in [6, 6.07) is 7.58. The molecule has 0 bridgehead atoms. The number of hydrogen-bond donors (Lipinski definition) is 2. The van der Waals surface area contributed by atoms with Crippen molar-refractivity contribution in [3.8, 4) is 0 Å². The summed E-state index contributed by atoms with van der Waals surface area (Å²) in [5, 5.41) is 2.94. The molecule has 1 fully saturated rings. The Hall–Kier alpha value is -1.59. The van der Waals surface area contributed by atoms with E-state index >= 15 is 0 Å². The molecule has 1 unspecified atom stereocenters. The molecule has 2 rings (SSSR count). The standard InChI is InChI=1S/C16H25N3O2/c1-2-9-21-15-7-4-8-19(12-15)16(20)18-14-6-3-5-13(10-14)11-17/h3,5-6,10,15H,2,4,7-9,11-12,17H2,1H3,(H,18,20). The second-order valence-corrected chi connectivity index (χ2v) is 5.42. The van der Waals surface area contributed by atoms with Crippen LogP contribution in [0.1, 0.15) is 31.7 Å². The van der Waals surface area contributed by atoms with Gasteiger partial charge in [0.05, 0.1) is 6.10 Å². The summed E-state index contributed by atoms with van der Waals surface area (Å²) in [5.74, 6) is 0. The zero-order chi connectivity index (χ0) is 15.1.